The number of hydrogen-bond acceptors (Lipinski definition) is 5. The van der Waals surface area contributed by atoms with E-state index in [1.807, 2.05) is 51.1 Å². The number of amides is 1. The predicted molar refractivity (Wildman–Crippen MR) is 118 cm³/mol. The minimum absolute atomic E-state index is 0.00345. The van der Waals surface area contributed by atoms with Gasteiger partial charge in [-0.2, -0.15) is 0 Å². The Hall–Kier alpha value is -2.80. The molecule has 1 heterocycles. The molecule has 0 aliphatic rings. The molecule has 2 aromatic carbocycles. The van der Waals surface area contributed by atoms with Crippen LogP contribution in [0.4, 0.5) is 5.69 Å². The summed E-state index contributed by atoms with van der Waals surface area (Å²) in [7, 11) is 0. The maximum atomic E-state index is 13.0. The normalized spacial score (nSPS) is 12.0. The first-order chi connectivity index (χ1) is 14.0. The fourth-order valence-corrected chi connectivity index (χ4v) is 3.82. The molecule has 6 nitrogen and oxygen atoms in total. The van der Waals surface area contributed by atoms with Gasteiger partial charge in [0.2, 0.25) is 5.91 Å². The zero-order valence-corrected chi connectivity index (χ0v) is 17.7. The molecular weight excluding hydrogens is 386 g/mol. The number of rotatable bonds is 8. The minimum atomic E-state index is -0.155. The number of hydrogen-bond donors (Lipinski definition) is 1. The molecule has 0 spiro atoms. The molecule has 1 aromatic heterocycles. The second kappa shape index (κ2) is 9.60. The fourth-order valence-electron chi connectivity index (χ4n) is 2.93. The van der Waals surface area contributed by atoms with Gasteiger partial charge in [-0.15, -0.1) is 0 Å². The van der Waals surface area contributed by atoms with Gasteiger partial charge < -0.3 is 10.1 Å². The molecular formula is C22H25N3O3S. The first kappa shape index (κ1) is 20.9. The Labute approximate surface area is 174 Å². The van der Waals surface area contributed by atoms with E-state index >= 15 is 0 Å². The summed E-state index contributed by atoms with van der Waals surface area (Å²) in [5, 5.41) is 4.02. The third-order valence-corrected chi connectivity index (χ3v) is 5.54. The summed E-state index contributed by atoms with van der Waals surface area (Å²) in [5.41, 5.74) is 1.27. The van der Waals surface area contributed by atoms with E-state index < -0.39 is 0 Å². The lowest BCUT2D eigenvalue weighted by atomic mass is 10.2. The molecule has 29 heavy (non-hydrogen) atoms. The van der Waals surface area contributed by atoms with Crippen molar-refractivity contribution in [1.29, 1.82) is 0 Å². The summed E-state index contributed by atoms with van der Waals surface area (Å²) in [4.78, 5) is 30.0. The first-order valence-corrected chi connectivity index (χ1v) is 10.7. The Morgan fingerprint density at radius 3 is 2.59 bits per heavy atom. The average Bonchev–Trinajstić information content (AvgIpc) is 2.73. The molecule has 0 saturated carbocycles. The summed E-state index contributed by atoms with van der Waals surface area (Å²) >= 11 is 1.27. The molecule has 3 rings (SSSR count). The Kier molecular flexibility index (Phi) is 6.93. The molecule has 0 bridgehead atoms. The van der Waals surface area contributed by atoms with Crippen LogP contribution in [0.5, 0.6) is 5.75 Å². The topological polar surface area (TPSA) is 73.2 Å². The van der Waals surface area contributed by atoms with E-state index in [-0.39, 0.29) is 23.3 Å². The third kappa shape index (κ3) is 4.98. The maximum absolute atomic E-state index is 13.0. The lowest BCUT2D eigenvalue weighted by Gasteiger charge is -2.18. The monoisotopic (exact) mass is 411 g/mol. The Morgan fingerprint density at radius 1 is 1.17 bits per heavy atom. The lowest BCUT2D eigenvalue weighted by molar-refractivity contribution is -0.113. The standard InChI is InChI=1S/C22H25N3O3S/c1-4-15(3)25-21(27)18-8-6-7-9-19(18)24-22(25)29-14-20(26)23-16-10-12-17(13-11-16)28-5-2/h6-13,15H,4-5,14H2,1-3H3,(H,23,26)/t15-/m1/s1. The highest BCUT2D eigenvalue weighted by Crippen LogP contribution is 2.23. The van der Waals surface area contributed by atoms with E-state index in [4.69, 9.17) is 4.74 Å². The molecule has 0 aliphatic heterocycles. The van der Waals surface area contributed by atoms with Gasteiger partial charge in [0.05, 0.1) is 23.3 Å². The first-order valence-electron chi connectivity index (χ1n) is 9.70. The van der Waals surface area contributed by atoms with Crippen molar-refractivity contribution in [3.63, 3.8) is 0 Å². The van der Waals surface area contributed by atoms with Gasteiger partial charge in [-0.25, -0.2) is 4.98 Å². The quantitative estimate of drug-likeness (QED) is 0.436. The molecule has 0 saturated heterocycles. The molecule has 7 heteroatoms. The zero-order valence-electron chi connectivity index (χ0n) is 16.8. The van der Waals surface area contributed by atoms with Crippen LogP contribution in [0.25, 0.3) is 10.9 Å². The van der Waals surface area contributed by atoms with Crippen LogP contribution in [0.15, 0.2) is 58.5 Å². The molecule has 1 N–H and O–H groups in total. The van der Waals surface area contributed by atoms with Gasteiger partial charge in [-0.3, -0.25) is 14.2 Å². The fraction of sp³-hybridized carbons (Fsp3) is 0.318. The zero-order chi connectivity index (χ0) is 20.8. The second-order valence-corrected chi connectivity index (χ2v) is 7.58. The van der Waals surface area contributed by atoms with Crippen LogP contribution in [0, 0.1) is 0 Å². The number of anilines is 1. The number of aromatic nitrogens is 2. The highest BCUT2D eigenvalue weighted by molar-refractivity contribution is 7.99. The van der Waals surface area contributed by atoms with Gasteiger partial charge in [-0.05, 0) is 56.7 Å². The highest BCUT2D eigenvalue weighted by atomic mass is 32.2. The van der Waals surface area contributed by atoms with Gasteiger partial charge in [0, 0.05) is 11.7 Å². The van der Waals surface area contributed by atoms with Crippen LogP contribution in [0.2, 0.25) is 0 Å². The number of benzene rings is 2. The summed E-state index contributed by atoms with van der Waals surface area (Å²) in [6, 6.07) is 14.5. The van der Waals surface area contributed by atoms with Crippen LogP contribution < -0.4 is 15.6 Å². The van der Waals surface area contributed by atoms with Crippen molar-refractivity contribution >= 4 is 34.3 Å². The van der Waals surface area contributed by atoms with Crippen LogP contribution in [-0.2, 0) is 4.79 Å². The molecule has 0 aliphatic carbocycles. The van der Waals surface area contributed by atoms with Crippen molar-refractivity contribution in [2.24, 2.45) is 0 Å². The molecule has 0 radical (unpaired) electrons. The smallest absolute Gasteiger partial charge is 0.262 e. The van der Waals surface area contributed by atoms with Gasteiger partial charge in [-0.1, -0.05) is 30.8 Å². The highest BCUT2D eigenvalue weighted by Gasteiger charge is 2.16. The van der Waals surface area contributed by atoms with Crippen LogP contribution in [0.3, 0.4) is 0 Å². The number of fused-ring (bicyclic) bond motifs is 1. The lowest BCUT2D eigenvalue weighted by Crippen LogP contribution is -2.26. The van der Waals surface area contributed by atoms with Crippen molar-refractivity contribution in [3.05, 3.63) is 58.9 Å². The maximum Gasteiger partial charge on any atom is 0.262 e. The summed E-state index contributed by atoms with van der Waals surface area (Å²) in [6.45, 7) is 6.53. The summed E-state index contributed by atoms with van der Waals surface area (Å²) in [6.07, 6.45) is 0.797. The second-order valence-electron chi connectivity index (χ2n) is 6.64. The van der Waals surface area contributed by atoms with Gasteiger partial charge in [0.15, 0.2) is 5.16 Å². The number of thioether (sulfide) groups is 1. The van der Waals surface area contributed by atoms with E-state index in [0.29, 0.717) is 28.4 Å². The van der Waals surface area contributed by atoms with Crippen molar-refractivity contribution < 1.29 is 9.53 Å². The molecule has 152 valence electrons. The number of para-hydroxylation sites is 1. The number of carbonyl (C=O) groups is 1. The van der Waals surface area contributed by atoms with E-state index in [2.05, 4.69) is 10.3 Å². The largest absolute Gasteiger partial charge is 0.494 e. The number of ether oxygens (including phenoxy) is 1. The molecule has 0 unspecified atom stereocenters. The van der Waals surface area contributed by atoms with Crippen LogP contribution in [-0.4, -0.2) is 27.8 Å². The van der Waals surface area contributed by atoms with Gasteiger partial charge >= 0.3 is 0 Å². The van der Waals surface area contributed by atoms with E-state index in [0.717, 1.165) is 12.2 Å². The number of carbonyl (C=O) groups excluding carboxylic acids is 1. The van der Waals surface area contributed by atoms with Gasteiger partial charge in [0.25, 0.3) is 5.56 Å². The number of nitrogens with zero attached hydrogens (tertiary/aromatic N) is 2. The summed E-state index contributed by atoms with van der Waals surface area (Å²) < 4.78 is 7.10. The molecule has 1 amide bonds. The third-order valence-electron chi connectivity index (χ3n) is 4.59. The van der Waals surface area contributed by atoms with Crippen LogP contribution in [0.1, 0.15) is 33.2 Å². The number of nitrogens with one attached hydrogen (secondary N) is 1. The van der Waals surface area contributed by atoms with E-state index in [1.54, 1.807) is 22.8 Å². The molecule has 0 fully saturated rings. The average molecular weight is 412 g/mol. The van der Waals surface area contributed by atoms with E-state index in [1.165, 1.54) is 11.8 Å². The van der Waals surface area contributed by atoms with Gasteiger partial charge in [0.1, 0.15) is 5.75 Å². The summed E-state index contributed by atoms with van der Waals surface area (Å²) in [5.74, 6) is 0.768. The van der Waals surface area contributed by atoms with Crippen molar-refractivity contribution in [1.82, 2.24) is 9.55 Å². The molecule has 1 atom stereocenters. The molecule has 3 aromatic rings. The Morgan fingerprint density at radius 2 is 1.90 bits per heavy atom. The minimum Gasteiger partial charge on any atom is -0.494 e. The Balaban J connectivity index is 1.77. The predicted octanol–water partition coefficient (Wildman–Crippen LogP) is 4.50. The van der Waals surface area contributed by atoms with Crippen LogP contribution >= 0.6 is 11.8 Å². The van der Waals surface area contributed by atoms with Crippen molar-refractivity contribution in [3.8, 4) is 5.75 Å². The van der Waals surface area contributed by atoms with E-state index in [9.17, 15) is 9.59 Å². The van der Waals surface area contributed by atoms with Crippen molar-refractivity contribution in [2.75, 3.05) is 17.7 Å². The Bertz CT molecular complexity index is 1050. The van der Waals surface area contributed by atoms with Crippen molar-refractivity contribution in [2.45, 2.75) is 38.4 Å². The SMILES string of the molecule is CCOc1ccc(NC(=O)CSc2nc3ccccc3c(=O)n2[C@H](C)CC)cc1.